The molecule has 90 valence electrons. The molecule has 0 aromatic carbocycles. The Bertz CT molecular complexity index is 330. The summed E-state index contributed by atoms with van der Waals surface area (Å²) in [5, 5.41) is 14.1. The van der Waals surface area contributed by atoms with Crippen molar-refractivity contribution in [3.05, 3.63) is 11.6 Å². The van der Waals surface area contributed by atoms with E-state index in [0.29, 0.717) is 12.3 Å². The summed E-state index contributed by atoms with van der Waals surface area (Å²) in [6.07, 6.45) is 2.65. The van der Waals surface area contributed by atoms with Crippen LogP contribution in [0.15, 0.2) is 15.9 Å². The zero-order valence-corrected chi connectivity index (χ0v) is 11.0. The molecular weight excluding hydrogens is 244 g/mol. The van der Waals surface area contributed by atoms with E-state index in [-0.39, 0.29) is 0 Å². The molecule has 1 unspecified atom stereocenters. The van der Waals surface area contributed by atoms with Crippen molar-refractivity contribution in [2.75, 3.05) is 12.3 Å². The SMILES string of the molecule is CCCNC(C)(CSc1nccs1)C(=O)O. The second kappa shape index (κ2) is 6.22. The Labute approximate surface area is 103 Å². The second-order valence-corrected chi connectivity index (χ2v) is 5.77. The lowest BCUT2D eigenvalue weighted by Crippen LogP contribution is -2.51. The smallest absolute Gasteiger partial charge is 0.324 e. The maximum absolute atomic E-state index is 11.2. The summed E-state index contributed by atoms with van der Waals surface area (Å²) < 4.78 is 0.908. The molecule has 1 aromatic rings. The van der Waals surface area contributed by atoms with Crippen LogP contribution in [0.4, 0.5) is 0 Å². The van der Waals surface area contributed by atoms with Gasteiger partial charge in [0.15, 0.2) is 0 Å². The molecule has 0 saturated carbocycles. The molecule has 1 atom stereocenters. The molecule has 2 N–H and O–H groups in total. The highest BCUT2D eigenvalue weighted by Gasteiger charge is 2.32. The summed E-state index contributed by atoms with van der Waals surface area (Å²) in [5.41, 5.74) is -0.883. The Kier molecular flexibility index (Phi) is 5.24. The molecule has 0 bridgehead atoms. The third-order valence-corrected chi connectivity index (χ3v) is 4.41. The molecule has 0 fully saturated rings. The van der Waals surface area contributed by atoms with Crippen LogP contribution in [0.3, 0.4) is 0 Å². The van der Waals surface area contributed by atoms with Crippen molar-refractivity contribution < 1.29 is 9.90 Å². The van der Waals surface area contributed by atoms with Gasteiger partial charge in [0.1, 0.15) is 9.88 Å². The van der Waals surface area contributed by atoms with Crippen molar-refractivity contribution in [2.45, 2.75) is 30.1 Å². The molecule has 0 spiro atoms. The van der Waals surface area contributed by atoms with E-state index in [1.165, 1.54) is 23.1 Å². The number of hydrogen-bond acceptors (Lipinski definition) is 5. The Morgan fingerprint density at radius 2 is 2.50 bits per heavy atom. The van der Waals surface area contributed by atoms with E-state index in [9.17, 15) is 9.90 Å². The van der Waals surface area contributed by atoms with Gasteiger partial charge >= 0.3 is 5.97 Å². The fourth-order valence-corrected chi connectivity index (χ4v) is 2.83. The lowest BCUT2D eigenvalue weighted by atomic mass is 10.1. The van der Waals surface area contributed by atoms with E-state index >= 15 is 0 Å². The summed E-state index contributed by atoms with van der Waals surface area (Å²) in [7, 11) is 0. The largest absolute Gasteiger partial charge is 0.480 e. The standard InChI is InChI=1S/C10H16N2O2S2/c1-3-4-12-10(2,8(13)14)7-16-9-11-5-6-15-9/h5-6,12H,3-4,7H2,1-2H3,(H,13,14). The van der Waals surface area contributed by atoms with E-state index in [0.717, 1.165) is 10.8 Å². The lowest BCUT2D eigenvalue weighted by Gasteiger charge is -2.25. The average Bonchev–Trinajstić information content (AvgIpc) is 2.76. The van der Waals surface area contributed by atoms with Crippen molar-refractivity contribution >= 4 is 29.1 Å². The van der Waals surface area contributed by atoms with E-state index < -0.39 is 11.5 Å². The second-order valence-electron chi connectivity index (χ2n) is 3.65. The quantitative estimate of drug-likeness (QED) is 0.735. The highest BCUT2D eigenvalue weighted by molar-refractivity contribution is 8.01. The molecule has 1 aromatic heterocycles. The van der Waals surface area contributed by atoms with Gasteiger partial charge in [-0.3, -0.25) is 4.79 Å². The van der Waals surface area contributed by atoms with Crippen LogP contribution in [0.1, 0.15) is 20.3 Å². The molecule has 4 nitrogen and oxygen atoms in total. The van der Waals surface area contributed by atoms with E-state index in [2.05, 4.69) is 10.3 Å². The predicted octanol–water partition coefficient (Wildman–Crippen LogP) is 2.08. The molecule has 1 rings (SSSR count). The molecule has 6 heteroatoms. The number of carboxylic acid groups (broad SMARTS) is 1. The zero-order valence-electron chi connectivity index (χ0n) is 9.40. The van der Waals surface area contributed by atoms with Gasteiger partial charge in [-0.05, 0) is 19.9 Å². The molecular formula is C10H16N2O2S2. The fraction of sp³-hybridized carbons (Fsp3) is 0.600. The minimum Gasteiger partial charge on any atom is -0.480 e. The number of rotatable bonds is 7. The van der Waals surface area contributed by atoms with Gasteiger partial charge in [-0.25, -0.2) is 4.98 Å². The highest BCUT2D eigenvalue weighted by atomic mass is 32.2. The average molecular weight is 260 g/mol. The molecule has 16 heavy (non-hydrogen) atoms. The Morgan fingerprint density at radius 3 is 3.00 bits per heavy atom. The number of carbonyl (C=O) groups is 1. The van der Waals surface area contributed by atoms with Gasteiger partial charge < -0.3 is 10.4 Å². The van der Waals surface area contributed by atoms with Crippen LogP contribution in [-0.4, -0.2) is 33.9 Å². The number of thiazole rings is 1. The molecule has 1 heterocycles. The van der Waals surface area contributed by atoms with E-state index in [4.69, 9.17) is 0 Å². The summed E-state index contributed by atoms with van der Waals surface area (Å²) in [6, 6.07) is 0. The zero-order chi connectivity index (χ0) is 12.0. The Balaban J connectivity index is 2.53. The number of nitrogens with zero attached hydrogens (tertiary/aromatic N) is 1. The van der Waals surface area contributed by atoms with Crippen molar-refractivity contribution in [3.63, 3.8) is 0 Å². The van der Waals surface area contributed by atoms with Crippen LogP contribution in [0, 0.1) is 0 Å². The molecule has 0 amide bonds. The highest BCUT2D eigenvalue weighted by Crippen LogP contribution is 2.24. The molecule has 0 aliphatic carbocycles. The number of nitrogens with one attached hydrogen (secondary N) is 1. The number of aliphatic carboxylic acids is 1. The number of aromatic nitrogens is 1. The Hall–Kier alpha value is -0.590. The van der Waals surface area contributed by atoms with Crippen LogP contribution < -0.4 is 5.32 Å². The van der Waals surface area contributed by atoms with Gasteiger partial charge in [0.2, 0.25) is 0 Å². The van der Waals surface area contributed by atoms with Crippen LogP contribution in [0.5, 0.6) is 0 Å². The molecule has 0 saturated heterocycles. The maximum Gasteiger partial charge on any atom is 0.324 e. The van der Waals surface area contributed by atoms with Gasteiger partial charge in [0, 0.05) is 17.3 Å². The third kappa shape index (κ3) is 3.77. The summed E-state index contributed by atoms with van der Waals surface area (Å²) in [5.74, 6) is -0.333. The van der Waals surface area contributed by atoms with Crippen molar-refractivity contribution in [1.29, 1.82) is 0 Å². The first kappa shape index (κ1) is 13.5. The molecule has 0 radical (unpaired) electrons. The topological polar surface area (TPSA) is 62.2 Å². The number of carboxylic acids is 1. The van der Waals surface area contributed by atoms with Crippen molar-refractivity contribution in [3.8, 4) is 0 Å². The monoisotopic (exact) mass is 260 g/mol. The Morgan fingerprint density at radius 1 is 1.75 bits per heavy atom. The van der Waals surface area contributed by atoms with Gasteiger partial charge in [-0.15, -0.1) is 11.3 Å². The number of thioether (sulfide) groups is 1. The van der Waals surface area contributed by atoms with Crippen LogP contribution in [0.25, 0.3) is 0 Å². The van der Waals surface area contributed by atoms with Crippen molar-refractivity contribution in [2.24, 2.45) is 0 Å². The van der Waals surface area contributed by atoms with Gasteiger partial charge in [0.25, 0.3) is 0 Å². The first-order chi connectivity index (χ1) is 7.58. The first-order valence-corrected chi connectivity index (χ1v) is 6.95. The minimum atomic E-state index is -0.883. The number of hydrogen-bond donors (Lipinski definition) is 2. The van der Waals surface area contributed by atoms with E-state index in [1.807, 2.05) is 12.3 Å². The van der Waals surface area contributed by atoms with Crippen molar-refractivity contribution in [1.82, 2.24) is 10.3 Å². The minimum absolute atomic E-state index is 0.482. The first-order valence-electron chi connectivity index (χ1n) is 5.09. The lowest BCUT2D eigenvalue weighted by molar-refractivity contribution is -0.143. The summed E-state index contributed by atoms with van der Waals surface area (Å²) in [4.78, 5) is 15.3. The van der Waals surface area contributed by atoms with E-state index in [1.54, 1.807) is 13.1 Å². The van der Waals surface area contributed by atoms with Crippen LogP contribution >= 0.6 is 23.1 Å². The van der Waals surface area contributed by atoms with Gasteiger partial charge in [0.05, 0.1) is 0 Å². The van der Waals surface area contributed by atoms with Gasteiger partial charge in [-0.1, -0.05) is 18.7 Å². The normalized spacial score (nSPS) is 14.6. The van der Waals surface area contributed by atoms with Gasteiger partial charge in [-0.2, -0.15) is 0 Å². The van der Waals surface area contributed by atoms with Crippen LogP contribution in [-0.2, 0) is 4.79 Å². The summed E-state index contributed by atoms with van der Waals surface area (Å²) in [6.45, 7) is 4.44. The maximum atomic E-state index is 11.2. The molecule has 0 aliphatic rings. The fourth-order valence-electron chi connectivity index (χ4n) is 1.08. The third-order valence-electron chi connectivity index (χ3n) is 2.13. The molecule has 0 aliphatic heterocycles. The van der Waals surface area contributed by atoms with Crippen LogP contribution in [0.2, 0.25) is 0 Å². The summed E-state index contributed by atoms with van der Waals surface area (Å²) >= 11 is 3.01. The predicted molar refractivity (Wildman–Crippen MR) is 67.2 cm³/mol.